The summed E-state index contributed by atoms with van der Waals surface area (Å²) < 4.78 is 7.12. The molecular formula is C23H26N3O2+. The van der Waals surface area contributed by atoms with Crippen LogP contribution in [0.15, 0.2) is 79.9 Å². The Hall–Kier alpha value is -3.18. The SMILES string of the molecule is C=CCN(CC=C)[C@H]1C(=O)N/[N+](=C\c2ccc(OC)cc2)[C@@H]1c1ccccc1. The third-order valence-electron chi connectivity index (χ3n) is 4.77. The molecule has 0 unspecified atom stereocenters. The second-order valence-electron chi connectivity index (χ2n) is 6.62. The number of benzene rings is 2. The Kier molecular flexibility index (Phi) is 6.40. The van der Waals surface area contributed by atoms with Crippen molar-refractivity contribution in [1.29, 1.82) is 0 Å². The highest BCUT2D eigenvalue weighted by molar-refractivity contribution is 5.85. The highest BCUT2D eigenvalue weighted by Gasteiger charge is 2.49. The number of ether oxygens (including phenoxy) is 1. The predicted octanol–water partition coefficient (Wildman–Crippen LogP) is 2.96. The maximum atomic E-state index is 12.9. The van der Waals surface area contributed by atoms with Crippen molar-refractivity contribution in [3.63, 3.8) is 0 Å². The number of nitrogens with zero attached hydrogens (tertiary/aromatic N) is 2. The maximum absolute atomic E-state index is 12.9. The largest absolute Gasteiger partial charge is 0.497 e. The minimum Gasteiger partial charge on any atom is -0.497 e. The Labute approximate surface area is 166 Å². The van der Waals surface area contributed by atoms with Gasteiger partial charge in [0.2, 0.25) is 12.3 Å². The molecule has 1 saturated heterocycles. The normalized spacial score (nSPS) is 20.2. The van der Waals surface area contributed by atoms with Gasteiger partial charge in [0.25, 0.3) is 5.91 Å². The molecule has 28 heavy (non-hydrogen) atoms. The van der Waals surface area contributed by atoms with Crippen molar-refractivity contribution in [3.8, 4) is 5.75 Å². The number of carbonyl (C=O) groups is 1. The third kappa shape index (κ3) is 4.21. The number of nitrogens with one attached hydrogen (secondary N) is 1. The minimum atomic E-state index is -0.354. The van der Waals surface area contributed by atoms with Gasteiger partial charge in [-0.3, -0.25) is 9.69 Å². The van der Waals surface area contributed by atoms with Crippen molar-refractivity contribution < 1.29 is 14.2 Å². The molecule has 144 valence electrons. The number of rotatable bonds is 8. The Morgan fingerprint density at radius 3 is 2.29 bits per heavy atom. The van der Waals surface area contributed by atoms with E-state index in [-0.39, 0.29) is 18.0 Å². The topological polar surface area (TPSA) is 44.6 Å². The maximum Gasteiger partial charge on any atom is 0.298 e. The minimum absolute atomic E-state index is 0.0395. The van der Waals surface area contributed by atoms with Crippen LogP contribution in [-0.2, 0) is 4.79 Å². The van der Waals surface area contributed by atoms with Crippen molar-refractivity contribution in [3.05, 3.63) is 91.0 Å². The van der Waals surface area contributed by atoms with Crippen molar-refractivity contribution in [2.45, 2.75) is 12.1 Å². The Morgan fingerprint density at radius 1 is 1.07 bits per heavy atom. The summed E-state index contributed by atoms with van der Waals surface area (Å²) >= 11 is 0. The molecule has 1 amide bonds. The molecule has 0 aromatic heterocycles. The zero-order chi connectivity index (χ0) is 19.9. The van der Waals surface area contributed by atoms with Crippen molar-refractivity contribution in [2.24, 2.45) is 0 Å². The molecule has 1 heterocycles. The summed E-state index contributed by atoms with van der Waals surface area (Å²) in [6.45, 7) is 8.88. The van der Waals surface area contributed by atoms with Gasteiger partial charge < -0.3 is 4.74 Å². The standard InChI is InChI=1S/C23H25N3O2/c1-4-15-25(16-5-2)22-21(19-9-7-6-8-10-19)26(24-23(22)27)17-18-11-13-20(28-3)14-12-18/h4-14,17,21-22H,1-2,15-16H2,3H3/p+1/b26-17-/t21-,22-/m1/s1. The van der Waals surface area contributed by atoms with Crippen LogP contribution in [-0.4, -0.2) is 47.9 Å². The van der Waals surface area contributed by atoms with Crippen LogP contribution in [0.5, 0.6) is 5.75 Å². The summed E-state index contributed by atoms with van der Waals surface area (Å²) in [5, 5.41) is 0. The van der Waals surface area contributed by atoms with E-state index >= 15 is 0 Å². The first kappa shape index (κ1) is 19.6. The van der Waals surface area contributed by atoms with Gasteiger partial charge in [-0.05, 0) is 24.3 Å². The van der Waals surface area contributed by atoms with E-state index in [0.29, 0.717) is 13.1 Å². The molecule has 0 saturated carbocycles. The molecule has 2 aromatic rings. The first-order valence-electron chi connectivity index (χ1n) is 9.26. The monoisotopic (exact) mass is 376 g/mol. The molecule has 5 nitrogen and oxygen atoms in total. The molecule has 2 atom stereocenters. The van der Waals surface area contributed by atoms with Crippen molar-refractivity contribution >= 4 is 12.1 Å². The number of hydrazine groups is 1. The van der Waals surface area contributed by atoms with Crippen LogP contribution in [0, 0.1) is 0 Å². The van der Waals surface area contributed by atoms with Crippen LogP contribution in [0.2, 0.25) is 0 Å². The predicted molar refractivity (Wildman–Crippen MR) is 112 cm³/mol. The smallest absolute Gasteiger partial charge is 0.298 e. The number of methoxy groups -OCH3 is 1. The zero-order valence-corrected chi connectivity index (χ0v) is 16.1. The van der Waals surface area contributed by atoms with E-state index in [9.17, 15) is 4.79 Å². The molecule has 2 aromatic carbocycles. The summed E-state index contributed by atoms with van der Waals surface area (Å²) in [5.74, 6) is 0.755. The number of hydrogen-bond acceptors (Lipinski definition) is 3. The fraction of sp³-hybridized carbons (Fsp3) is 0.217. The van der Waals surface area contributed by atoms with Crippen LogP contribution >= 0.6 is 0 Å². The van der Waals surface area contributed by atoms with E-state index in [1.807, 2.05) is 77.6 Å². The van der Waals surface area contributed by atoms with Gasteiger partial charge in [0, 0.05) is 24.2 Å². The highest BCUT2D eigenvalue weighted by atomic mass is 16.5. The fourth-order valence-electron chi connectivity index (χ4n) is 3.51. The number of hydrogen-bond donors (Lipinski definition) is 1. The average molecular weight is 376 g/mol. The first-order valence-corrected chi connectivity index (χ1v) is 9.26. The molecule has 0 aliphatic carbocycles. The molecule has 1 aliphatic rings. The average Bonchev–Trinajstić information content (AvgIpc) is 3.04. The van der Waals surface area contributed by atoms with E-state index in [1.165, 1.54) is 0 Å². The third-order valence-corrected chi connectivity index (χ3v) is 4.77. The van der Waals surface area contributed by atoms with Crippen LogP contribution < -0.4 is 10.2 Å². The Balaban J connectivity index is 2.03. The van der Waals surface area contributed by atoms with E-state index in [2.05, 4.69) is 23.5 Å². The first-order chi connectivity index (χ1) is 13.7. The fourth-order valence-corrected chi connectivity index (χ4v) is 3.51. The van der Waals surface area contributed by atoms with Gasteiger partial charge in [0.15, 0.2) is 6.04 Å². The van der Waals surface area contributed by atoms with E-state index in [1.54, 1.807) is 7.11 Å². The number of amides is 1. The lowest BCUT2D eigenvalue weighted by atomic mass is 9.98. The molecule has 1 N–H and O–H groups in total. The molecule has 5 heteroatoms. The molecule has 0 radical (unpaired) electrons. The quantitative estimate of drug-likeness (QED) is 0.569. The molecule has 1 fully saturated rings. The van der Waals surface area contributed by atoms with E-state index < -0.39 is 0 Å². The van der Waals surface area contributed by atoms with Gasteiger partial charge in [-0.1, -0.05) is 42.5 Å². The van der Waals surface area contributed by atoms with Gasteiger partial charge in [-0.25, -0.2) is 0 Å². The summed E-state index contributed by atoms with van der Waals surface area (Å²) in [6.07, 6.45) is 5.58. The molecule has 0 bridgehead atoms. The van der Waals surface area contributed by atoms with Gasteiger partial charge in [-0.15, -0.1) is 23.3 Å². The molecule has 1 aliphatic heterocycles. The van der Waals surface area contributed by atoms with Crippen LogP contribution in [0.1, 0.15) is 17.2 Å². The van der Waals surface area contributed by atoms with E-state index in [0.717, 1.165) is 16.9 Å². The second kappa shape index (κ2) is 9.15. The van der Waals surface area contributed by atoms with Gasteiger partial charge in [0.05, 0.1) is 7.11 Å². The van der Waals surface area contributed by atoms with E-state index in [4.69, 9.17) is 4.74 Å². The van der Waals surface area contributed by atoms with Crippen LogP contribution in [0.25, 0.3) is 0 Å². The van der Waals surface area contributed by atoms with Crippen LogP contribution in [0.3, 0.4) is 0 Å². The van der Waals surface area contributed by atoms with Crippen LogP contribution in [0.4, 0.5) is 0 Å². The lowest BCUT2D eigenvalue weighted by molar-refractivity contribution is -0.597. The van der Waals surface area contributed by atoms with Gasteiger partial charge in [-0.2, -0.15) is 0 Å². The Morgan fingerprint density at radius 2 is 1.71 bits per heavy atom. The molecular weight excluding hydrogens is 350 g/mol. The summed E-state index contributed by atoms with van der Waals surface area (Å²) in [5.41, 5.74) is 5.06. The van der Waals surface area contributed by atoms with Crippen molar-refractivity contribution in [1.82, 2.24) is 10.3 Å². The zero-order valence-electron chi connectivity index (χ0n) is 16.1. The molecule has 3 rings (SSSR count). The summed E-state index contributed by atoms with van der Waals surface area (Å²) in [6, 6.07) is 17.3. The summed E-state index contributed by atoms with van der Waals surface area (Å²) in [4.78, 5) is 15.0. The van der Waals surface area contributed by atoms with Gasteiger partial charge in [0.1, 0.15) is 5.75 Å². The summed E-state index contributed by atoms with van der Waals surface area (Å²) in [7, 11) is 1.64. The lowest BCUT2D eigenvalue weighted by Crippen LogP contribution is -2.43. The number of carbonyl (C=O) groups excluding carboxylic acids is 1. The molecule has 0 spiro atoms. The second-order valence-corrected chi connectivity index (χ2v) is 6.62. The lowest BCUT2D eigenvalue weighted by Gasteiger charge is -2.25. The highest BCUT2D eigenvalue weighted by Crippen LogP contribution is 2.29. The Bertz CT molecular complexity index is 849. The van der Waals surface area contributed by atoms with Gasteiger partial charge >= 0.3 is 0 Å². The van der Waals surface area contributed by atoms with Crippen molar-refractivity contribution in [2.75, 3.05) is 20.2 Å². The number of hydrazone groups is 1.